The molecule has 3 aromatic rings. The molecule has 0 unspecified atom stereocenters. The summed E-state index contributed by atoms with van der Waals surface area (Å²) in [6, 6.07) is 18.3. The normalized spacial score (nSPS) is 13.5. The van der Waals surface area contributed by atoms with Crippen molar-refractivity contribution in [1.82, 2.24) is 4.98 Å². The summed E-state index contributed by atoms with van der Waals surface area (Å²) in [6.07, 6.45) is 3.63. The number of anilines is 1. The minimum atomic E-state index is 0.733. The van der Waals surface area contributed by atoms with E-state index < -0.39 is 0 Å². The maximum atomic E-state index is 6.03. The van der Waals surface area contributed by atoms with Gasteiger partial charge in [-0.25, -0.2) is 0 Å². The van der Waals surface area contributed by atoms with Crippen molar-refractivity contribution in [3.05, 3.63) is 83.1 Å². The summed E-state index contributed by atoms with van der Waals surface area (Å²) in [7, 11) is 0. The molecule has 1 aromatic heterocycles. The van der Waals surface area contributed by atoms with E-state index in [9.17, 15) is 0 Å². The number of benzene rings is 2. The Kier molecular flexibility index (Phi) is 4.01. The van der Waals surface area contributed by atoms with Crippen molar-refractivity contribution < 1.29 is 0 Å². The Balaban J connectivity index is 1.84. The van der Waals surface area contributed by atoms with Gasteiger partial charge in [0.15, 0.2) is 0 Å². The van der Waals surface area contributed by atoms with Gasteiger partial charge in [0.1, 0.15) is 0 Å². The van der Waals surface area contributed by atoms with Gasteiger partial charge in [0.05, 0.1) is 12.3 Å². The first-order chi connectivity index (χ1) is 11.8. The Labute approximate surface area is 146 Å². The van der Waals surface area contributed by atoms with Crippen molar-refractivity contribution in [2.24, 2.45) is 4.99 Å². The summed E-state index contributed by atoms with van der Waals surface area (Å²) in [4.78, 5) is 8.89. The van der Waals surface area contributed by atoms with Gasteiger partial charge in [-0.05, 0) is 47.5 Å². The Morgan fingerprint density at radius 2 is 1.58 bits per heavy atom. The minimum absolute atomic E-state index is 0.733. The number of fused-ring (bicyclic) bond motifs is 1. The average Bonchev–Trinajstić information content (AvgIpc) is 2.85. The monoisotopic (exact) mass is 333 g/mol. The third kappa shape index (κ3) is 2.91. The molecule has 2 aromatic carbocycles. The molecule has 0 radical (unpaired) electrons. The first-order valence-corrected chi connectivity index (χ1v) is 8.28. The molecule has 4 heteroatoms. The molecule has 0 spiro atoms. The van der Waals surface area contributed by atoms with E-state index in [2.05, 4.69) is 28.5 Å². The van der Waals surface area contributed by atoms with E-state index in [0.717, 1.165) is 51.8 Å². The molecule has 3 nitrogen and oxygen atoms in total. The van der Waals surface area contributed by atoms with Crippen molar-refractivity contribution in [1.29, 1.82) is 0 Å². The van der Waals surface area contributed by atoms with E-state index in [-0.39, 0.29) is 0 Å². The maximum absolute atomic E-state index is 6.03. The summed E-state index contributed by atoms with van der Waals surface area (Å²) in [5.74, 6) is 0. The van der Waals surface area contributed by atoms with Crippen LogP contribution in [-0.4, -0.2) is 23.8 Å². The van der Waals surface area contributed by atoms with Crippen LogP contribution in [0.1, 0.15) is 11.1 Å². The predicted molar refractivity (Wildman–Crippen MR) is 100 cm³/mol. The van der Waals surface area contributed by atoms with Crippen LogP contribution in [0.2, 0.25) is 5.02 Å². The van der Waals surface area contributed by atoms with Crippen molar-refractivity contribution >= 4 is 23.0 Å². The van der Waals surface area contributed by atoms with Crippen LogP contribution in [0.15, 0.2) is 72.0 Å². The van der Waals surface area contributed by atoms with Gasteiger partial charge < -0.3 is 5.32 Å². The lowest BCUT2D eigenvalue weighted by Crippen LogP contribution is -2.05. The first kappa shape index (κ1) is 14.9. The molecule has 4 rings (SSSR count). The first-order valence-electron chi connectivity index (χ1n) is 7.90. The number of nitrogens with zero attached hydrogens (tertiary/aromatic N) is 2. The second-order valence-electron chi connectivity index (χ2n) is 5.66. The standard InChI is InChI=1S/C20H16ClN3/c21-17-4-1-15(2-5-17)20-18-13-16(14-7-9-22-10-8-14)3-6-19(18)23-11-12-24-20/h1-10,13,23H,11-12H2. The Bertz CT molecular complexity index is 887. The van der Waals surface area contributed by atoms with Crippen LogP contribution in [-0.2, 0) is 0 Å². The molecule has 0 aliphatic carbocycles. The second kappa shape index (κ2) is 6.46. The maximum Gasteiger partial charge on any atom is 0.0740 e. The molecule has 1 aliphatic heterocycles. The fourth-order valence-electron chi connectivity index (χ4n) is 2.92. The molecule has 0 saturated heterocycles. The molecule has 0 bridgehead atoms. The highest BCUT2D eigenvalue weighted by Crippen LogP contribution is 2.28. The van der Waals surface area contributed by atoms with E-state index in [4.69, 9.17) is 16.6 Å². The summed E-state index contributed by atoms with van der Waals surface area (Å²) in [5, 5.41) is 4.20. The van der Waals surface area contributed by atoms with Crippen molar-refractivity contribution in [2.75, 3.05) is 18.4 Å². The third-order valence-electron chi connectivity index (χ3n) is 4.10. The number of aliphatic imine (C=N–C) groups is 1. The lowest BCUT2D eigenvalue weighted by molar-refractivity contribution is 1.04. The molecular formula is C20H16ClN3. The highest BCUT2D eigenvalue weighted by Gasteiger charge is 2.15. The number of benzodiazepines with no additional fused rings is 1. The number of hydrogen-bond donors (Lipinski definition) is 1. The van der Waals surface area contributed by atoms with Crippen LogP contribution in [0.3, 0.4) is 0 Å². The van der Waals surface area contributed by atoms with Gasteiger partial charge in [-0.3, -0.25) is 9.98 Å². The van der Waals surface area contributed by atoms with Crippen LogP contribution in [0.4, 0.5) is 5.69 Å². The van der Waals surface area contributed by atoms with Crippen LogP contribution in [0.5, 0.6) is 0 Å². The average molecular weight is 334 g/mol. The zero-order chi connectivity index (χ0) is 16.4. The summed E-state index contributed by atoms with van der Waals surface area (Å²) in [6.45, 7) is 1.58. The molecule has 0 saturated carbocycles. The largest absolute Gasteiger partial charge is 0.383 e. The lowest BCUT2D eigenvalue weighted by Gasteiger charge is -2.13. The van der Waals surface area contributed by atoms with E-state index in [0.29, 0.717) is 0 Å². The third-order valence-corrected chi connectivity index (χ3v) is 4.36. The topological polar surface area (TPSA) is 37.3 Å². The number of nitrogens with one attached hydrogen (secondary N) is 1. The van der Waals surface area contributed by atoms with Crippen LogP contribution in [0.25, 0.3) is 11.1 Å². The SMILES string of the molecule is Clc1ccc(C2=NCCNc3ccc(-c4ccncc4)cc32)cc1. The fraction of sp³-hybridized carbons (Fsp3) is 0.100. The number of rotatable bonds is 2. The smallest absolute Gasteiger partial charge is 0.0740 e. The Hall–Kier alpha value is -2.65. The van der Waals surface area contributed by atoms with Gasteiger partial charge in [0, 0.05) is 40.8 Å². The molecule has 24 heavy (non-hydrogen) atoms. The summed E-state index contributed by atoms with van der Waals surface area (Å²) in [5.41, 5.74) is 6.61. The van der Waals surface area contributed by atoms with Crippen molar-refractivity contribution in [2.45, 2.75) is 0 Å². The molecule has 0 amide bonds. The molecule has 0 atom stereocenters. The molecular weight excluding hydrogens is 318 g/mol. The van der Waals surface area contributed by atoms with Gasteiger partial charge in [-0.1, -0.05) is 29.8 Å². The number of hydrogen-bond acceptors (Lipinski definition) is 3. The Morgan fingerprint density at radius 1 is 0.833 bits per heavy atom. The summed E-state index contributed by atoms with van der Waals surface area (Å²) < 4.78 is 0. The highest BCUT2D eigenvalue weighted by atomic mass is 35.5. The second-order valence-corrected chi connectivity index (χ2v) is 6.10. The van der Waals surface area contributed by atoms with Crippen LogP contribution < -0.4 is 5.32 Å². The van der Waals surface area contributed by atoms with Crippen LogP contribution >= 0.6 is 11.6 Å². The van der Waals surface area contributed by atoms with E-state index in [1.807, 2.05) is 48.8 Å². The quantitative estimate of drug-likeness (QED) is 0.740. The van der Waals surface area contributed by atoms with Crippen molar-refractivity contribution in [3.63, 3.8) is 0 Å². The zero-order valence-corrected chi connectivity index (χ0v) is 13.8. The predicted octanol–water partition coefficient (Wildman–Crippen LogP) is 4.66. The van der Waals surface area contributed by atoms with E-state index in [1.165, 1.54) is 0 Å². The van der Waals surface area contributed by atoms with Gasteiger partial charge in [0.2, 0.25) is 0 Å². The number of halogens is 1. The zero-order valence-electron chi connectivity index (χ0n) is 13.0. The molecule has 1 aliphatic rings. The van der Waals surface area contributed by atoms with Gasteiger partial charge in [-0.15, -0.1) is 0 Å². The number of aromatic nitrogens is 1. The summed E-state index contributed by atoms with van der Waals surface area (Å²) >= 11 is 6.03. The van der Waals surface area contributed by atoms with Gasteiger partial charge in [-0.2, -0.15) is 0 Å². The fourth-order valence-corrected chi connectivity index (χ4v) is 3.04. The van der Waals surface area contributed by atoms with Gasteiger partial charge >= 0.3 is 0 Å². The molecule has 2 heterocycles. The molecule has 1 N–H and O–H groups in total. The minimum Gasteiger partial charge on any atom is -0.383 e. The number of pyridine rings is 1. The van der Waals surface area contributed by atoms with E-state index >= 15 is 0 Å². The lowest BCUT2D eigenvalue weighted by atomic mass is 9.96. The molecule has 0 fully saturated rings. The van der Waals surface area contributed by atoms with Gasteiger partial charge in [0.25, 0.3) is 0 Å². The van der Waals surface area contributed by atoms with E-state index in [1.54, 1.807) is 0 Å². The van der Waals surface area contributed by atoms with Crippen molar-refractivity contribution in [3.8, 4) is 11.1 Å². The molecule has 118 valence electrons. The van der Waals surface area contributed by atoms with Crippen LogP contribution in [0, 0.1) is 0 Å². The Morgan fingerprint density at radius 3 is 2.38 bits per heavy atom. The highest BCUT2D eigenvalue weighted by molar-refractivity contribution is 6.30.